The van der Waals surface area contributed by atoms with Gasteiger partial charge < -0.3 is 10.6 Å². The molecule has 34 heavy (non-hydrogen) atoms. The molecule has 3 aromatic rings. The molecule has 0 unspecified atom stereocenters. The van der Waals surface area contributed by atoms with Crippen molar-refractivity contribution in [1.29, 1.82) is 0 Å². The number of amides is 2. The summed E-state index contributed by atoms with van der Waals surface area (Å²) in [6, 6.07) is 16.3. The largest absolute Gasteiger partial charge is 0.322 e. The summed E-state index contributed by atoms with van der Waals surface area (Å²) in [6.07, 6.45) is 0. The van der Waals surface area contributed by atoms with E-state index in [4.69, 9.17) is 0 Å². The highest BCUT2D eigenvalue weighted by Crippen LogP contribution is 2.26. The number of rotatable bonds is 6. The lowest BCUT2D eigenvalue weighted by Crippen LogP contribution is -2.16. The van der Waals surface area contributed by atoms with Crippen molar-refractivity contribution in [3.05, 3.63) is 104 Å². The van der Waals surface area contributed by atoms with Gasteiger partial charge in [0.15, 0.2) is 0 Å². The number of non-ortho nitro benzene ring substituents is 1. The van der Waals surface area contributed by atoms with Crippen LogP contribution in [0, 0.1) is 20.2 Å². The van der Waals surface area contributed by atoms with Crippen molar-refractivity contribution in [2.75, 3.05) is 10.6 Å². The molecule has 0 saturated carbocycles. The third-order valence-corrected chi connectivity index (χ3v) is 5.02. The second-order valence-corrected chi connectivity index (χ2v) is 8.53. The van der Waals surface area contributed by atoms with Crippen LogP contribution in [0.15, 0.2) is 66.7 Å². The highest BCUT2D eigenvalue weighted by molar-refractivity contribution is 6.08. The molecule has 174 valence electrons. The molecule has 0 bridgehead atoms. The Hall–Kier alpha value is -4.60. The quantitative estimate of drug-likeness (QED) is 0.375. The number of nitrogens with zero attached hydrogens (tertiary/aromatic N) is 2. The average Bonchev–Trinajstić information content (AvgIpc) is 2.78. The Bertz CT molecular complexity index is 1280. The average molecular weight is 462 g/mol. The molecule has 0 aliphatic carbocycles. The van der Waals surface area contributed by atoms with Crippen molar-refractivity contribution in [3.8, 4) is 0 Å². The number of hydrogen-bond donors (Lipinski definition) is 2. The maximum absolute atomic E-state index is 12.6. The molecular weight excluding hydrogens is 440 g/mol. The van der Waals surface area contributed by atoms with E-state index in [1.54, 1.807) is 30.3 Å². The molecule has 3 rings (SSSR count). The number of hydrogen-bond acceptors (Lipinski definition) is 6. The Labute approximate surface area is 194 Å². The monoisotopic (exact) mass is 462 g/mol. The van der Waals surface area contributed by atoms with Crippen LogP contribution in [0.4, 0.5) is 22.7 Å². The van der Waals surface area contributed by atoms with E-state index >= 15 is 0 Å². The van der Waals surface area contributed by atoms with Crippen molar-refractivity contribution in [2.24, 2.45) is 0 Å². The summed E-state index contributed by atoms with van der Waals surface area (Å²) in [4.78, 5) is 45.8. The number of anilines is 2. The molecule has 0 aliphatic rings. The van der Waals surface area contributed by atoms with Gasteiger partial charge in [-0.3, -0.25) is 29.8 Å². The number of nitro groups is 2. The molecule has 0 fully saturated rings. The molecule has 0 radical (unpaired) electrons. The zero-order chi connectivity index (χ0) is 25.0. The smallest absolute Gasteiger partial charge is 0.289 e. The van der Waals surface area contributed by atoms with Crippen molar-refractivity contribution in [3.63, 3.8) is 0 Å². The number of benzene rings is 3. The molecule has 0 heterocycles. The third kappa shape index (κ3) is 5.60. The van der Waals surface area contributed by atoms with E-state index in [0.717, 1.165) is 23.8 Å². The highest BCUT2D eigenvalue weighted by atomic mass is 16.6. The van der Waals surface area contributed by atoms with Gasteiger partial charge in [0.2, 0.25) is 0 Å². The SMILES string of the molecule is CC(C)(C)c1ccc(C(=O)Nc2cccc(NC(=O)c3ccc([N+](=O)[O-])cc3[N+](=O)[O-])c2)cc1. The van der Waals surface area contributed by atoms with Gasteiger partial charge in [-0.25, -0.2) is 0 Å². The fourth-order valence-corrected chi connectivity index (χ4v) is 3.17. The summed E-state index contributed by atoms with van der Waals surface area (Å²) in [7, 11) is 0. The Morgan fingerprint density at radius 1 is 0.765 bits per heavy atom. The van der Waals surface area contributed by atoms with Crippen LogP contribution in [-0.4, -0.2) is 21.7 Å². The predicted octanol–water partition coefficient (Wildman–Crippen LogP) is 5.31. The van der Waals surface area contributed by atoms with Gasteiger partial charge in [0.1, 0.15) is 5.56 Å². The van der Waals surface area contributed by atoms with E-state index in [1.807, 2.05) is 12.1 Å². The van der Waals surface area contributed by atoms with Gasteiger partial charge >= 0.3 is 0 Å². The topological polar surface area (TPSA) is 144 Å². The van der Waals surface area contributed by atoms with Crippen LogP contribution in [-0.2, 0) is 5.41 Å². The zero-order valence-electron chi connectivity index (χ0n) is 18.7. The number of carbonyl (C=O) groups is 2. The summed E-state index contributed by atoms with van der Waals surface area (Å²) in [5.74, 6) is -1.15. The van der Waals surface area contributed by atoms with Crippen LogP contribution < -0.4 is 10.6 Å². The number of nitro benzene ring substituents is 2. The Morgan fingerprint density at radius 2 is 1.35 bits per heavy atom. The summed E-state index contributed by atoms with van der Waals surface area (Å²) in [6.45, 7) is 6.23. The molecule has 10 heteroatoms. The lowest BCUT2D eigenvalue weighted by atomic mass is 9.87. The van der Waals surface area contributed by atoms with E-state index in [1.165, 1.54) is 6.07 Å². The number of nitrogens with one attached hydrogen (secondary N) is 2. The van der Waals surface area contributed by atoms with Crippen LogP contribution in [0.3, 0.4) is 0 Å². The first-order valence-corrected chi connectivity index (χ1v) is 10.2. The van der Waals surface area contributed by atoms with E-state index in [9.17, 15) is 29.8 Å². The standard InChI is InChI=1S/C24H22N4O6/c1-24(2,3)16-9-7-15(8-10-16)22(29)25-17-5-4-6-18(13-17)26-23(30)20-12-11-19(27(31)32)14-21(20)28(33)34/h4-14H,1-3H3,(H,25,29)(H,26,30). The minimum Gasteiger partial charge on any atom is -0.322 e. The summed E-state index contributed by atoms with van der Waals surface area (Å²) in [5, 5.41) is 27.4. The lowest BCUT2D eigenvalue weighted by Gasteiger charge is -2.19. The molecule has 10 nitrogen and oxygen atoms in total. The van der Waals surface area contributed by atoms with Crippen LogP contribution in [0.5, 0.6) is 0 Å². The van der Waals surface area contributed by atoms with E-state index in [2.05, 4.69) is 31.4 Å². The molecular formula is C24H22N4O6. The van der Waals surface area contributed by atoms with Crippen LogP contribution >= 0.6 is 0 Å². The van der Waals surface area contributed by atoms with Crippen LogP contribution in [0.1, 0.15) is 47.1 Å². The molecule has 3 aromatic carbocycles. The second kappa shape index (κ2) is 9.49. The van der Waals surface area contributed by atoms with Crippen LogP contribution in [0.25, 0.3) is 0 Å². The van der Waals surface area contributed by atoms with Crippen molar-refractivity contribution >= 4 is 34.6 Å². The van der Waals surface area contributed by atoms with Gasteiger partial charge in [-0.2, -0.15) is 0 Å². The van der Waals surface area contributed by atoms with Crippen molar-refractivity contribution in [2.45, 2.75) is 26.2 Å². The summed E-state index contributed by atoms with van der Waals surface area (Å²) >= 11 is 0. The van der Waals surface area contributed by atoms with Crippen molar-refractivity contribution < 1.29 is 19.4 Å². The van der Waals surface area contributed by atoms with E-state index < -0.39 is 27.1 Å². The fraction of sp³-hybridized carbons (Fsp3) is 0.167. The first-order chi connectivity index (χ1) is 16.0. The molecule has 0 aliphatic heterocycles. The summed E-state index contributed by atoms with van der Waals surface area (Å²) < 4.78 is 0. The maximum Gasteiger partial charge on any atom is 0.289 e. The van der Waals surface area contributed by atoms with Gasteiger partial charge in [-0.05, 0) is 47.4 Å². The minimum atomic E-state index is -0.858. The Balaban J connectivity index is 1.76. The minimum absolute atomic E-state index is 0.0414. The van der Waals surface area contributed by atoms with Gasteiger partial charge in [-0.15, -0.1) is 0 Å². The van der Waals surface area contributed by atoms with Gasteiger partial charge in [0.05, 0.1) is 15.9 Å². The first-order valence-electron chi connectivity index (χ1n) is 10.2. The zero-order valence-corrected chi connectivity index (χ0v) is 18.7. The normalized spacial score (nSPS) is 10.9. The van der Waals surface area contributed by atoms with Crippen LogP contribution in [0.2, 0.25) is 0 Å². The molecule has 0 aromatic heterocycles. The highest BCUT2D eigenvalue weighted by Gasteiger charge is 2.24. The molecule has 2 N–H and O–H groups in total. The van der Waals surface area contributed by atoms with Gasteiger partial charge in [0, 0.05) is 23.0 Å². The van der Waals surface area contributed by atoms with Crippen molar-refractivity contribution in [1.82, 2.24) is 0 Å². The molecule has 0 atom stereocenters. The molecule has 0 spiro atoms. The third-order valence-electron chi connectivity index (χ3n) is 5.02. The molecule has 2 amide bonds. The lowest BCUT2D eigenvalue weighted by molar-refractivity contribution is -0.394. The Morgan fingerprint density at radius 3 is 1.88 bits per heavy atom. The van der Waals surface area contributed by atoms with Gasteiger partial charge in [-0.1, -0.05) is 39.0 Å². The first kappa shape index (κ1) is 24.1. The molecule has 0 saturated heterocycles. The van der Waals surface area contributed by atoms with E-state index in [-0.39, 0.29) is 22.6 Å². The maximum atomic E-state index is 12.6. The van der Waals surface area contributed by atoms with E-state index in [0.29, 0.717) is 11.3 Å². The predicted molar refractivity (Wildman–Crippen MR) is 127 cm³/mol. The second-order valence-electron chi connectivity index (χ2n) is 8.53. The van der Waals surface area contributed by atoms with Gasteiger partial charge in [0.25, 0.3) is 23.2 Å². The Kier molecular flexibility index (Phi) is 6.71. The fourth-order valence-electron chi connectivity index (χ4n) is 3.17. The summed E-state index contributed by atoms with van der Waals surface area (Å²) in [5.41, 5.74) is 0.681. The number of carbonyl (C=O) groups excluding carboxylic acids is 2.